The van der Waals surface area contributed by atoms with E-state index in [0.29, 0.717) is 6.54 Å². The molecule has 1 aliphatic heterocycles. The highest BCUT2D eigenvalue weighted by Gasteiger charge is 2.45. The van der Waals surface area contributed by atoms with Crippen LogP contribution in [0, 0.1) is 6.92 Å². The van der Waals surface area contributed by atoms with Gasteiger partial charge in [-0.2, -0.15) is 4.31 Å². The summed E-state index contributed by atoms with van der Waals surface area (Å²) in [6.45, 7) is 2.29. The molecule has 1 saturated heterocycles. The first kappa shape index (κ1) is 25.4. The maximum Gasteiger partial charge on any atom is 0.247 e. The molecule has 3 aromatic carbocycles. The van der Waals surface area contributed by atoms with E-state index >= 15 is 0 Å². The molecule has 3 aromatic rings. The van der Waals surface area contributed by atoms with Crippen molar-refractivity contribution in [3.05, 3.63) is 95.6 Å². The minimum Gasteiger partial charge on any atom is -0.495 e. The molecule has 0 aromatic heterocycles. The molecule has 0 unspecified atom stereocenters. The van der Waals surface area contributed by atoms with Crippen LogP contribution in [0.25, 0.3) is 0 Å². The molecule has 1 fully saturated rings. The van der Waals surface area contributed by atoms with Gasteiger partial charge in [0.25, 0.3) is 0 Å². The van der Waals surface area contributed by atoms with E-state index in [9.17, 15) is 16.8 Å². The molecular formula is C26H30N2O5S2. The van der Waals surface area contributed by atoms with Crippen molar-refractivity contribution in [2.75, 3.05) is 18.6 Å². The van der Waals surface area contributed by atoms with Crippen molar-refractivity contribution in [1.82, 2.24) is 9.62 Å². The molecule has 0 spiro atoms. The first-order chi connectivity index (χ1) is 16.7. The average Bonchev–Trinajstić information content (AvgIpc) is 3.16. The number of methoxy groups -OCH3 is 1. The smallest absolute Gasteiger partial charge is 0.247 e. The molecule has 4 rings (SSSR count). The second-order valence-corrected chi connectivity index (χ2v) is 12.8. The van der Waals surface area contributed by atoms with Crippen LogP contribution in [0.4, 0.5) is 0 Å². The second-order valence-electron chi connectivity index (χ2n) is 8.81. The van der Waals surface area contributed by atoms with Crippen LogP contribution in [0.3, 0.4) is 0 Å². The second kappa shape index (κ2) is 10.5. The Bertz CT molecular complexity index is 1360. The largest absolute Gasteiger partial charge is 0.495 e. The van der Waals surface area contributed by atoms with Gasteiger partial charge in [0.15, 0.2) is 9.84 Å². The van der Waals surface area contributed by atoms with Crippen LogP contribution in [0.5, 0.6) is 5.75 Å². The molecule has 2 atom stereocenters. The van der Waals surface area contributed by atoms with Gasteiger partial charge in [-0.05, 0) is 35.7 Å². The minimum atomic E-state index is -4.11. The van der Waals surface area contributed by atoms with Gasteiger partial charge in [-0.15, -0.1) is 0 Å². The number of hydrogen-bond acceptors (Lipinski definition) is 6. The van der Waals surface area contributed by atoms with Gasteiger partial charge in [-0.3, -0.25) is 0 Å². The number of benzene rings is 3. The summed E-state index contributed by atoms with van der Waals surface area (Å²) in [5.41, 5.74) is 2.53. The highest BCUT2D eigenvalue weighted by molar-refractivity contribution is 7.92. The van der Waals surface area contributed by atoms with Gasteiger partial charge in [0, 0.05) is 19.1 Å². The van der Waals surface area contributed by atoms with E-state index in [1.807, 2.05) is 67.6 Å². The Balaban J connectivity index is 1.75. The van der Waals surface area contributed by atoms with E-state index in [-0.39, 0.29) is 28.7 Å². The Labute approximate surface area is 207 Å². The lowest BCUT2D eigenvalue weighted by atomic mass is 10.1. The van der Waals surface area contributed by atoms with Gasteiger partial charge < -0.3 is 10.1 Å². The Kier molecular flexibility index (Phi) is 7.61. The molecule has 7 nitrogen and oxygen atoms in total. The lowest BCUT2D eigenvalue weighted by molar-refractivity contribution is 0.285. The summed E-state index contributed by atoms with van der Waals surface area (Å²) in [5.74, 6) is -0.154. The zero-order chi connectivity index (χ0) is 25.1. The first-order valence-electron chi connectivity index (χ1n) is 11.4. The van der Waals surface area contributed by atoms with Crippen LogP contribution < -0.4 is 10.1 Å². The summed E-state index contributed by atoms with van der Waals surface area (Å²) in [5, 5.41) is 3.32. The lowest BCUT2D eigenvalue weighted by Crippen LogP contribution is -2.51. The summed E-state index contributed by atoms with van der Waals surface area (Å²) < 4.78 is 60.5. The zero-order valence-electron chi connectivity index (χ0n) is 19.8. The predicted octanol–water partition coefficient (Wildman–Crippen LogP) is 3.15. The number of sulfonamides is 1. The summed E-state index contributed by atoms with van der Waals surface area (Å²) in [6.07, 6.45) is 0. The van der Waals surface area contributed by atoms with Crippen molar-refractivity contribution in [3.63, 3.8) is 0 Å². The topological polar surface area (TPSA) is 92.8 Å². The Hall–Kier alpha value is -2.72. The molecule has 0 saturated carbocycles. The van der Waals surface area contributed by atoms with E-state index in [0.717, 1.165) is 16.7 Å². The Morgan fingerprint density at radius 1 is 0.943 bits per heavy atom. The third-order valence-electron chi connectivity index (χ3n) is 6.19. The fourth-order valence-corrected chi connectivity index (χ4v) is 8.35. The van der Waals surface area contributed by atoms with Gasteiger partial charge in [0.05, 0.1) is 24.7 Å². The number of sulfone groups is 1. The van der Waals surface area contributed by atoms with E-state index < -0.39 is 31.9 Å². The standard InChI is InChI=1S/C26H30N2O5S2/c1-20-13-14-25(33-2)26(15-20)35(31,32)28(17-22-11-7-4-8-12-22)24-19-34(29,30)18-23(24)27-16-21-9-5-3-6-10-21/h3-15,23-24,27H,16-19H2,1-2H3/t23-,24+/m1/s1. The molecule has 1 aliphatic rings. The molecule has 35 heavy (non-hydrogen) atoms. The van der Waals surface area contributed by atoms with Gasteiger partial charge in [0.1, 0.15) is 10.6 Å². The number of hydrogen-bond donors (Lipinski definition) is 1. The summed E-state index contributed by atoms with van der Waals surface area (Å²) in [6, 6.07) is 22.5. The van der Waals surface area contributed by atoms with Gasteiger partial charge in [-0.25, -0.2) is 16.8 Å². The monoisotopic (exact) mass is 514 g/mol. The molecule has 186 valence electrons. The molecule has 0 radical (unpaired) electrons. The molecule has 1 heterocycles. The highest BCUT2D eigenvalue weighted by Crippen LogP contribution is 2.33. The first-order valence-corrected chi connectivity index (χ1v) is 14.6. The number of nitrogens with one attached hydrogen (secondary N) is 1. The number of ether oxygens (including phenoxy) is 1. The van der Waals surface area contributed by atoms with E-state index in [1.165, 1.54) is 11.4 Å². The van der Waals surface area contributed by atoms with Crippen molar-refractivity contribution in [2.24, 2.45) is 0 Å². The van der Waals surface area contributed by atoms with Crippen LogP contribution in [-0.4, -0.2) is 51.8 Å². The number of aryl methyl sites for hydroxylation is 1. The molecule has 0 amide bonds. The average molecular weight is 515 g/mol. The quantitative estimate of drug-likeness (QED) is 0.472. The number of nitrogens with zero attached hydrogens (tertiary/aromatic N) is 1. The molecule has 0 aliphatic carbocycles. The van der Waals surface area contributed by atoms with Gasteiger partial charge in [-0.1, -0.05) is 66.7 Å². The number of rotatable bonds is 9. The van der Waals surface area contributed by atoms with Gasteiger partial charge in [0.2, 0.25) is 10.0 Å². The van der Waals surface area contributed by atoms with Crippen LogP contribution in [0.1, 0.15) is 16.7 Å². The normalized spacial score (nSPS) is 19.6. The molecular weight excluding hydrogens is 484 g/mol. The molecule has 0 bridgehead atoms. The maximum absolute atomic E-state index is 14.1. The van der Waals surface area contributed by atoms with Crippen LogP contribution >= 0.6 is 0 Å². The lowest BCUT2D eigenvalue weighted by Gasteiger charge is -2.32. The Morgan fingerprint density at radius 3 is 2.20 bits per heavy atom. The highest BCUT2D eigenvalue weighted by atomic mass is 32.2. The maximum atomic E-state index is 14.1. The van der Waals surface area contributed by atoms with Crippen LogP contribution in [-0.2, 0) is 33.0 Å². The van der Waals surface area contributed by atoms with Crippen molar-refractivity contribution in [2.45, 2.75) is 37.0 Å². The van der Waals surface area contributed by atoms with Crippen LogP contribution in [0.2, 0.25) is 0 Å². The fourth-order valence-electron chi connectivity index (χ4n) is 4.41. The third kappa shape index (κ3) is 5.92. The Morgan fingerprint density at radius 2 is 1.57 bits per heavy atom. The van der Waals surface area contributed by atoms with Crippen molar-refractivity contribution >= 4 is 19.9 Å². The fraction of sp³-hybridized carbons (Fsp3) is 0.308. The summed E-state index contributed by atoms with van der Waals surface area (Å²) >= 11 is 0. The van der Waals surface area contributed by atoms with E-state index in [1.54, 1.807) is 18.2 Å². The summed E-state index contributed by atoms with van der Waals surface area (Å²) in [7, 11) is -6.14. The van der Waals surface area contributed by atoms with Crippen molar-refractivity contribution in [1.29, 1.82) is 0 Å². The predicted molar refractivity (Wildman–Crippen MR) is 136 cm³/mol. The zero-order valence-corrected chi connectivity index (χ0v) is 21.4. The summed E-state index contributed by atoms with van der Waals surface area (Å²) in [4.78, 5) is 0.0297. The molecule has 9 heteroatoms. The van der Waals surface area contributed by atoms with E-state index in [4.69, 9.17) is 4.74 Å². The SMILES string of the molecule is COc1ccc(C)cc1S(=O)(=O)N(Cc1ccccc1)[C@H]1CS(=O)(=O)C[C@H]1NCc1ccccc1. The van der Waals surface area contributed by atoms with Gasteiger partial charge >= 0.3 is 0 Å². The minimum absolute atomic E-state index is 0.0297. The third-order valence-corrected chi connectivity index (χ3v) is 9.80. The van der Waals surface area contributed by atoms with E-state index in [2.05, 4.69) is 5.32 Å². The van der Waals surface area contributed by atoms with Crippen LogP contribution in [0.15, 0.2) is 83.8 Å². The van der Waals surface area contributed by atoms with Crippen molar-refractivity contribution < 1.29 is 21.6 Å². The van der Waals surface area contributed by atoms with Crippen molar-refractivity contribution in [3.8, 4) is 5.75 Å². The molecule has 1 N–H and O–H groups in total.